The molecule has 1 N–H and O–H groups in total. The van der Waals surface area contributed by atoms with Crippen LogP contribution in [0.2, 0.25) is 0 Å². The van der Waals surface area contributed by atoms with E-state index in [0.29, 0.717) is 0 Å². The zero-order valence-electron chi connectivity index (χ0n) is 8.30. The number of thioether (sulfide) groups is 1. The van der Waals surface area contributed by atoms with E-state index < -0.39 is 26.9 Å². The van der Waals surface area contributed by atoms with Crippen LogP contribution >= 0.6 is 11.8 Å². The zero-order chi connectivity index (χ0) is 11.0. The number of esters is 1. The average Bonchev–Trinajstić information content (AvgIpc) is 2.46. The van der Waals surface area contributed by atoms with Crippen LogP contribution < -0.4 is 29.6 Å². The molecular weight excluding hydrogens is 255 g/mol. The second-order valence-electron chi connectivity index (χ2n) is 2.89. The average molecular weight is 264 g/mol. The number of hydrogen-bond donors (Lipinski definition) is 1. The van der Waals surface area contributed by atoms with Crippen LogP contribution in [0.5, 0.6) is 0 Å². The van der Waals surface area contributed by atoms with Gasteiger partial charge < -0.3 is 14.4 Å². The van der Waals surface area contributed by atoms with E-state index in [2.05, 4.69) is 4.74 Å². The third-order valence-corrected chi connectivity index (χ3v) is 4.75. The Morgan fingerprint density at radius 2 is 2.20 bits per heavy atom. The molecule has 0 radical (unpaired) electrons. The molecule has 0 aliphatic carbocycles. The van der Waals surface area contributed by atoms with Gasteiger partial charge >= 0.3 is 35.5 Å². The van der Waals surface area contributed by atoms with Crippen molar-refractivity contribution in [3.8, 4) is 0 Å². The van der Waals surface area contributed by atoms with E-state index in [9.17, 15) is 22.9 Å². The van der Waals surface area contributed by atoms with E-state index in [1.165, 1.54) is 0 Å². The smallest absolute Gasteiger partial charge is 0.746 e. The molecule has 2 atom stereocenters. The molecule has 0 aromatic carbocycles. The summed E-state index contributed by atoms with van der Waals surface area (Å²) in [6.07, 6.45) is 0. The SMILES string of the molecule is COC(=O)C1CSCC1(O)S(=O)(=O)[O-].[Na+]. The summed E-state index contributed by atoms with van der Waals surface area (Å²) in [5.41, 5.74) is 0. The zero-order valence-corrected chi connectivity index (χ0v) is 11.9. The van der Waals surface area contributed by atoms with Crippen molar-refractivity contribution in [1.82, 2.24) is 0 Å². The van der Waals surface area contributed by atoms with Gasteiger partial charge in [0.1, 0.15) is 16.0 Å². The normalized spacial score (nSPS) is 30.7. The van der Waals surface area contributed by atoms with Crippen LogP contribution in [0.1, 0.15) is 0 Å². The van der Waals surface area contributed by atoms with Crippen LogP contribution in [0, 0.1) is 5.92 Å². The monoisotopic (exact) mass is 264 g/mol. The summed E-state index contributed by atoms with van der Waals surface area (Å²) in [6.45, 7) is 0. The topological polar surface area (TPSA) is 104 Å². The van der Waals surface area contributed by atoms with Gasteiger partial charge in [0.2, 0.25) is 0 Å². The van der Waals surface area contributed by atoms with Crippen LogP contribution in [0.4, 0.5) is 0 Å². The van der Waals surface area contributed by atoms with Crippen LogP contribution in [-0.4, -0.2) is 47.6 Å². The van der Waals surface area contributed by atoms with Crippen LogP contribution in [0.3, 0.4) is 0 Å². The molecule has 1 aliphatic heterocycles. The Labute approximate surface area is 114 Å². The molecular formula is C6H9NaO6S2. The molecule has 0 bridgehead atoms. The summed E-state index contributed by atoms with van der Waals surface area (Å²) < 4.78 is 36.6. The van der Waals surface area contributed by atoms with Crippen LogP contribution in [0.15, 0.2) is 0 Å². The van der Waals surface area contributed by atoms with E-state index in [1.807, 2.05) is 0 Å². The van der Waals surface area contributed by atoms with Gasteiger partial charge in [0.15, 0.2) is 4.93 Å². The number of rotatable bonds is 2. The number of ether oxygens (including phenoxy) is 1. The van der Waals surface area contributed by atoms with Gasteiger partial charge in [-0.25, -0.2) is 8.42 Å². The number of hydrogen-bond acceptors (Lipinski definition) is 7. The van der Waals surface area contributed by atoms with Gasteiger partial charge in [-0.1, -0.05) is 0 Å². The Morgan fingerprint density at radius 1 is 1.67 bits per heavy atom. The molecule has 0 spiro atoms. The summed E-state index contributed by atoms with van der Waals surface area (Å²) >= 11 is 1.03. The van der Waals surface area contributed by atoms with Gasteiger partial charge in [-0.3, -0.25) is 4.79 Å². The second-order valence-corrected chi connectivity index (χ2v) is 5.54. The Morgan fingerprint density at radius 3 is 2.60 bits per heavy atom. The van der Waals surface area contributed by atoms with Crippen molar-refractivity contribution in [1.29, 1.82) is 0 Å². The molecule has 1 heterocycles. The van der Waals surface area contributed by atoms with Gasteiger partial charge in [-0.05, 0) is 0 Å². The summed E-state index contributed by atoms with van der Waals surface area (Å²) in [5.74, 6) is -2.39. The number of aliphatic hydroxyl groups is 1. The molecule has 0 aromatic heterocycles. The minimum Gasteiger partial charge on any atom is -0.746 e. The van der Waals surface area contributed by atoms with E-state index in [-0.39, 0.29) is 41.1 Å². The quantitative estimate of drug-likeness (QED) is 0.306. The Kier molecular flexibility index (Phi) is 5.59. The van der Waals surface area contributed by atoms with Crippen molar-refractivity contribution in [2.24, 2.45) is 5.92 Å². The molecule has 0 amide bonds. The first-order valence-corrected chi connectivity index (χ1v) is 6.22. The second kappa shape index (κ2) is 5.35. The maximum Gasteiger partial charge on any atom is 1.00 e. The van der Waals surface area contributed by atoms with Gasteiger partial charge in [-0.2, -0.15) is 11.8 Å². The van der Waals surface area contributed by atoms with Crippen molar-refractivity contribution < 1.29 is 57.2 Å². The van der Waals surface area contributed by atoms with E-state index in [1.54, 1.807) is 0 Å². The maximum atomic E-state index is 11.1. The fraction of sp³-hybridized carbons (Fsp3) is 0.833. The molecule has 82 valence electrons. The van der Waals surface area contributed by atoms with E-state index in [0.717, 1.165) is 18.9 Å². The fourth-order valence-electron chi connectivity index (χ4n) is 1.19. The van der Waals surface area contributed by atoms with Gasteiger partial charge in [-0.15, -0.1) is 0 Å². The van der Waals surface area contributed by atoms with Crippen molar-refractivity contribution in [3.05, 3.63) is 0 Å². The largest absolute Gasteiger partial charge is 1.00 e. The summed E-state index contributed by atoms with van der Waals surface area (Å²) in [5, 5.41) is 9.57. The van der Waals surface area contributed by atoms with Gasteiger partial charge in [0.05, 0.1) is 7.11 Å². The molecule has 1 saturated heterocycles. The predicted molar refractivity (Wildman–Crippen MR) is 47.5 cm³/mol. The molecule has 9 heteroatoms. The molecule has 0 saturated carbocycles. The third-order valence-electron chi connectivity index (χ3n) is 2.06. The minimum absolute atomic E-state index is 0. The third kappa shape index (κ3) is 2.87. The van der Waals surface area contributed by atoms with Crippen molar-refractivity contribution >= 4 is 27.8 Å². The first-order valence-electron chi connectivity index (χ1n) is 3.66. The van der Waals surface area contributed by atoms with E-state index in [4.69, 9.17) is 0 Å². The molecule has 1 aliphatic rings. The maximum absolute atomic E-state index is 11.1. The Balaban J connectivity index is 0.00000196. The number of carbonyl (C=O) groups excluding carboxylic acids is 1. The molecule has 6 nitrogen and oxygen atoms in total. The van der Waals surface area contributed by atoms with E-state index >= 15 is 0 Å². The molecule has 15 heavy (non-hydrogen) atoms. The molecule has 1 rings (SSSR count). The Hall–Kier alpha value is 0.690. The van der Waals surface area contributed by atoms with Crippen LogP contribution in [-0.2, 0) is 19.6 Å². The van der Waals surface area contributed by atoms with Crippen molar-refractivity contribution in [2.45, 2.75) is 4.93 Å². The first-order chi connectivity index (χ1) is 6.33. The predicted octanol–water partition coefficient (Wildman–Crippen LogP) is -4.24. The number of methoxy groups -OCH3 is 1. The summed E-state index contributed by atoms with van der Waals surface area (Å²) in [7, 11) is -3.85. The molecule has 0 aromatic rings. The number of carbonyl (C=O) groups is 1. The van der Waals surface area contributed by atoms with Gasteiger partial charge in [0, 0.05) is 11.5 Å². The van der Waals surface area contributed by atoms with Crippen molar-refractivity contribution in [3.63, 3.8) is 0 Å². The molecule has 2 unspecified atom stereocenters. The standard InChI is InChI=1S/C6H10O6S2.Na/c1-12-5(7)4-2-13-3-6(4,8)14(9,10)11;/h4,8H,2-3H2,1H3,(H,9,10,11);/q;+1/p-1. The summed E-state index contributed by atoms with van der Waals surface area (Å²) in [6, 6.07) is 0. The summed E-state index contributed by atoms with van der Waals surface area (Å²) in [4.78, 5) is 8.55. The minimum atomic E-state index is -4.92. The fourth-order valence-corrected chi connectivity index (χ4v) is 3.91. The van der Waals surface area contributed by atoms with Crippen molar-refractivity contribution in [2.75, 3.05) is 18.6 Å². The van der Waals surface area contributed by atoms with Gasteiger partial charge in [0.25, 0.3) is 0 Å². The molecule has 1 fully saturated rings. The van der Waals surface area contributed by atoms with Crippen LogP contribution in [0.25, 0.3) is 0 Å². The first kappa shape index (κ1) is 15.7. The Bertz CT molecular complexity index is 342.